The molecule has 0 radical (unpaired) electrons. The van der Waals surface area contributed by atoms with Gasteiger partial charge < -0.3 is 10.1 Å². The van der Waals surface area contributed by atoms with Crippen LogP contribution in [-0.4, -0.2) is 12.0 Å². The Morgan fingerprint density at radius 1 is 1.22 bits per heavy atom. The van der Waals surface area contributed by atoms with Gasteiger partial charge in [0.1, 0.15) is 5.75 Å². The Balaban J connectivity index is 2.08. The van der Waals surface area contributed by atoms with Gasteiger partial charge in [0.25, 0.3) is 5.91 Å². The van der Waals surface area contributed by atoms with Crippen molar-refractivity contribution in [3.63, 3.8) is 0 Å². The van der Waals surface area contributed by atoms with E-state index in [-0.39, 0.29) is 5.91 Å². The molecule has 1 amide bonds. The smallest absolute Gasteiger partial charge is 0.265 e. The highest BCUT2D eigenvalue weighted by molar-refractivity contribution is 6.31. The number of hydrogen-bond acceptors (Lipinski definition) is 2. The minimum absolute atomic E-state index is 0.171. The Morgan fingerprint density at radius 2 is 1.87 bits per heavy atom. The predicted molar refractivity (Wildman–Crippen MR) is 95.5 cm³/mol. The summed E-state index contributed by atoms with van der Waals surface area (Å²) < 4.78 is 5.75. The summed E-state index contributed by atoms with van der Waals surface area (Å²) >= 11 is 6.10. The molecule has 0 aliphatic rings. The zero-order chi connectivity index (χ0) is 17.0. The highest BCUT2D eigenvalue weighted by Crippen LogP contribution is 2.24. The molecule has 2 rings (SSSR count). The van der Waals surface area contributed by atoms with Crippen LogP contribution in [0.15, 0.2) is 36.4 Å². The number of carbonyl (C=O) groups excluding carboxylic acids is 1. The molecule has 1 atom stereocenters. The second-order valence-electron chi connectivity index (χ2n) is 5.62. The fraction of sp³-hybridized carbons (Fsp3) is 0.316. The first-order valence-corrected chi connectivity index (χ1v) is 8.12. The van der Waals surface area contributed by atoms with Crippen LogP contribution in [0.3, 0.4) is 0 Å². The van der Waals surface area contributed by atoms with Crippen LogP contribution < -0.4 is 10.1 Å². The van der Waals surface area contributed by atoms with Crippen LogP contribution >= 0.6 is 11.6 Å². The summed E-state index contributed by atoms with van der Waals surface area (Å²) in [5.74, 6) is 0.478. The maximum Gasteiger partial charge on any atom is 0.265 e. The molecule has 0 saturated heterocycles. The van der Waals surface area contributed by atoms with Gasteiger partial charge in [-0.05, 0) is 62.1 Å². The van der Waals surface area contributed by atoms with Gasteiger partial charge in [0.2, 0.25) is 0 Å². The van der Waals surface area contributed by atoms with Gasteiger partial charge in [0, 0.05) is 10.7 Å². The SMILES string of the molecule is CCc1cc(OC(C)C(=O)Nc2c(C)cccc2C)ccc1Cl. The molecule has 0 aromatic heterocycles. The summed E-state index contributed by atoms with van der Waals surface area (Å²) in [5.41, 5.74) is 3.92. The number of anilines is 1. The lowest BCUT2D eigenvalue weighted by atomic mass is 10.1. The van der Waals surface area contributed by atoms with E-state index in [0.717, 1.165) is 28.8 Å². The van der Waals surface area contributed by atoms with Gasteiger partial charge in [-0.25, -0.2) is 0 Å². The van der Waals surface area contributed by atoms with Crippen molar-refractivity contribution in [2.45, 2.75) is 40.2 Å². The summed E-state index contributed by atoms with van der Waals surface area (Å²) in [5, 5.41) is 3.66. The van der Waals surface area contributed by atoms with E-state index < -0.39 is 6.10 Å². The molecule has 0 heterocycles. The summed E-state index contributed by atoms with van der Waals surface area (Å²) in [4.78, 5) is 12.4. The zero-order valence-corrected chi connectivity index (χ0v) is 14.7. The number of benzene rings is 2. The highest BCUT2D eigenvalue weighted by Gasteiger charge is 2.17. The Bertz CT molecular complexity index is 692. The van der Waals surface area contributed by atoms with E-state index in [0.29, 0.717) is 10.8 Å². The third-order valence-corrected chi connectivity index (χ3v) is 4.18. The fourth-order valence-electron chi connectivity index (χ4n) is 2.39. The topological polar surface area (TPSA) is 38.3 Å². The minimum Gasteiger partial charge on any atom is -0.481 e. The molecule has 4 heteroatoms. The number of aryl methyl sites for hydroxylation is 3. The first-order valence-electron chi connectivity index (χ1n) is 7.74. The van der Waals surface area contributed by atoms with Crippen LogP contribution in [0, 0.1) is 13.8 Å². The van der Waals surface area contributed by atoms with Gasteiger partial charge in [-0.1, -0.05) is 36.7 Å². The molecule has 0 bridgehead atoms. The molecule has 1 N–H and O–H groups in total. The number of para-hydroxylation sites is 1. The van der Waals surface area contributed by atoms with Gasteiger partial charge in [-0.15, -0.1) is 0 Å². The van der Waals surface area contributed by atoms with Gasteiger partial charge in [-0.3, -0.25) is 4.79 Å². The lowest BCUT2D eigenvalue weighted by molar-refractivity contribution is -0.122. The summed E-state index contributed by atoms with van der Waals surface area (Å²) in [6, 6.07) is 11.4. The average molecular weight is 332 g/mol. The maximum atomic E-state index is 12.4. The van der Waals surface area contributed by atoms with E-state index in [1.165, 1.54) is 0 Å². The number of halogens is 1. The molecule has 1 unspecified atom stereocenters. The number of carbonyl (C=O) groups is 1. The van der Waals surface area contributed by atoms with Crippen molar-refractivity contribution < 1.29 is 9.53 Å². The maximum absolute atomic E-state index is 12.4. The first-order chi connectivity index (χ1) is 10.9. The highest BCUT2D eigenvalue weighted by atomic mass is 35.5. The van der Waals surface area contributed by atoms with E-state index in [2.05, 4.69) is 5.32 Å². The lowest BCUT2D eigenvalue weighted by Crippen LogP contribution is -2.30. The average Bonchev–Trinajstić information content (AvgIpc) is 2.52. The van der Waals surface area contributed by atoms with Crippen molar-refractivity contribution in [3.8, 4) is 5.75 Å². The number of rotatable bonds is 5. The summed E-state index contributed by atoms with van der Waals surface area (Å²) in [6.07, 6.45) is 0.221. The molecule has 0 saturated carbocycles. The van der Waals surface area contributed by atoms with Crippen molar-refractivity contribution in [3.05, 3.63) is 58.1 Å². The van der Waals surface area contributed by atoms with Gasteiger partial charge >= 0.3 is 0 Å². The molecule has 122 valence electrons. The Morgan fingerprint density at radius 3 is 2.48 bits per heavy atom. The summed E-state index contributed by atoms with van der Waals surface area (Å²) in [6.45, 7) is 7.72. The van der Waals surface area contributed by atoms with Crippen molar-refractivity contribution in [1.82, 2.24) is 0 Å². The monoisotopic (exact) mass is 331 g/mol. The van der Waals surface area contributed by atoms with Gasteiger partial charge in [0.05, 0.1) is 0 Å². The standard InChI is InChI=1S/C19H22ClNO2/c1-5-15-11-16(9-10-17(15)20)23-14(4)19(22)21-18-12(2)7-6-8-13(18)3/h6-11,14H,5H2,1-4H3,(H,21,22). The molecule has 0 aliphatic carbocycles. The molecule has 0 fully saturated rings. The first kappa shape index (κ1) is 17.4. The molecular formula is C19H22ClNO2. The van der Waals surface area contributed by atoms with Crippen LogP contribution in [-0.2, 0) is 11.2 Å². The minimum atomic E-state index is -0.597. The zero-order valence-electron chi connectivity index (χ0n) is 13.9. The second-order valence-corrected chi connectivity index (χ2v) is 6.03. The van der Waals surface area contributed by atoms with E-state index in [1.54, 1.807) is 19.1 Å². The van der Waals surface area contributed by atoms with Gasteiger partial charge in [-0.2, -0.15) is 0 Å². The van der Waals surface area contributed by atoms with E-state index in [4.69, 9.17) is 16.3 Å². The van der Waals surface area contributed by atoms with Crippen molar-refractivity contribution in [2.75, 3.05) is 5.32 Å². The molecule has 0 spiro atoms. The number of ether oxygens (including phenoxy) is 1. The van der Waals surface area contributed by atoms with E-state index >= 15 is 0 Å². The number of amides is 1. The molecule has 23 heavy (non-hydrogen) atoms. The van der Waals surface area contributed by atoms with E-state index in [9.17, 15) is 4.79 Å². The number of hydrogen-bond donors (Lipinski definition) is 1. The molecule has 2 aromatic carbocycles. The van der Waals surface area contributed by atoms with E-state index in [1.807, 2.05) is 45.0 Å². The van der Waals surface area contributed by atoms with Crippen LogP contribution in [0.1, 0.15) is 30.5 Å². The Hall–Kier alpha value is -2.00. The van der Waals surface area contributed by atoms with Crippen LogP contribution in [0.4, 0.5) is 5.69 Å². The lowest BCUT2D eigenvalue weighted by Gasteiger charge is -2.17. The quantitative estimate of drug-likeness (QED) is 0.844. The van der Waals surface area contributed by atoms with Crippen LogP contribution in [0.2, 0.25) is 5.02 Å². The van der Waals surface area contributed by atoms with Crippen molar-refractivity contribution >= 4 is 23.2 Å². The second kappa shape index (κ2) is 7.51. The Labute approximate surface area is 142 Å². The van der Waals surface area contributed by atoms with Gasteiger partial charge in [0.15, 0.2) is 6.10 Å². The fourth-order valence-corrected chi connectivity index (χ4v) is 2.64. The van der Waals surface area contributed by atoms with Crippen LogP contribution in [0.25, 0.3) is 0 Å². The van der Waals surface area contributed by atoms with Crippen molar-refractivity contribution in [2.24, 2.45) is 0 Å². The normalized spacial score (nSPS) is 11.9. The molecular weight excluding hydrogens is 310 g/mol. The Kier molecular flexibility index (Phi) is 5.67. The molecule has 3 nitrogen and oxygen atoms in total. The molecule has 0 aliphatic heterocycles. The third kappa shape index (κ3) is 4.26. The molecule has 2 aromatic rings. The largest absolute Gasteiger partial charge is 0.481 e. The van der Waals surface area contributed by atoms with Crippen molar-refractivity contribution in [1.29, 1.82) is 0 Å². The van der Waals surface area contributed by atoms with Crippen LogP contribution in [0.5, 0.6) is 5.75 Å². The predicted octanol–water partition coefficient (Wildman–Crippen LogP) is 4.93. The summed E-state index contributed by atoms with van der Waals surface area (Å²) in [7, 11) is 0. The third-order valence-electron chi connectivity index (χ3n) is 3.81. The number of nitrogens with one attached hydrogen (secondary N) is 1.